The van der Waals surface area contributed by atoms with Crippen molar-refractivity contribution in [3.05, 3.63) is 71.1 Å². The van der Waals surface area contributed by atoms with Gasteiger partial charge in [-0.05, 0) is 74.7 Å². The van der Waals surface area contributed by atoms with Gasteiger partial charge >= 0.3 is 5.97 Å². The molecule has 0 aromatic heterocycles. The Morgan fingerprint density at radius 3 is 1.97 bits per heavy atom. The van der Waals surface area contributed by atoms with E-state index in [1.807, 2.05) is 36.4 Å². The van der Waals surface area contributed by atoms with Gasteiger partial charge in [-0.15, -0.1) is 5.06 Å². The number of amides is 2. The number of benzene rings is 3. The van der Waals surface area contributed by atoms with Crippen molar-refractivity contribution in [1.82, 2.24) is 19.4 Å². The van der Waals surface area contributed by atoms with Crippen molar-refractivity contribution in [2.24, 2.45) is 0 Å². The number of carbonyl (C=O) groups is 4. The van der Waals surface area contributed by atoms with Crippen molar-refractivity contribution in [3.8, 4) is 22.5 Å². The largest absolute Gasteiger partial charge is 0.545 e. The first-order valence-electron chi connectivity index (χ1n) is 20.2. The van der Waals surface area contributed by atoms with Crippen LogP contribution >= 0.6 is 0 Å². The summed E-state index contributed by atoms with van der Waals surface area (Å²) in [5.41, 5.74) is 2.09. The molecule has 0 spiro atoms. The van der Waals surface area contributed by atoms with Gasteiger partial charge in [0.2, 0.25) is 5.36 Å². The minimum Gasteiger partial charge on any atom is -0.545 e. The van der Waals surface area contributed by atoms with Gasteiger partial charge in [-0.2, -0.15) is 16.8 Å². The van der Waals surface area contributed by atoms with Crippen LogP contribution in [0.5, 0.6) is 0 Å². The summed E-state index contributed by atoms with van der Waals surface area (Å²) in [7, 11) is -8.00. The van der Waals surface area contributed by atoms with Gasteiger partial charge < -0.3 is 24.1 Å². The van der Waals surface area contributed by atoms with Gasteiger partial charge in [0.15, 0.2) is 13.1 Å². The molecule has 0 atom stereocenters. The lowest BCUT2D eigenvalue weighted by molar-refractivity contribution is -0.255. The number of carboxylic acid groups (broad SMARTS) is 1. The molecule has 0 bridgehead atoms. The summed E-state index contributed by atoms with van der Waals surface area (Å²) in [6, 6.07) is 15.1. The van der Waals surface area contributed by atoms with Gasteiger partial charge in [0, 0.05) is 78.9 Å². The zero-order chi connectivity index (χ0) is 43.5. The van der Waals surface area contributed by atoms with Crippen LogP contribution in [-0.2, 0) is 34.7 Å². The lowest BCUT2D eigenvalue weighted by Gasteiger charge is -2.36. The van der Waals surface area contributed by atoms with Gasteiger partial charge in [-0.25, -0.2) is 9.37 Å². The van der Waals surface area contributed by atoms with Gasteiger partial charge in [0.25, 0.3) is 32.1 Å². The molecule has 4 aliphatic heterocycles. The number of imide groups is 1. The van der Waals surface area contributed by atoms with Crippen LogP contribution in [-0.4, -0.2) is 142 Å². The number of fused-ring (bicyclic) bond motifs is 2. The molecule has 0 radical (unpaired) electrons. The number of anilines is 1. The summed E-state index contributed by atoms with van der Waals surface area (Å²) < 4.78 is 71.4. The number of piperazine rings is 2. The molecule has 0 saturated carbocycles. The second-order valence-electron chi connectivity index (χ2n) is 15.5. The molecule has 3 fully saturated rings. The number of unbranched alkanes of at least 4 members (excludes halogenated alkanes) is 2. The number of aromatic carboxylic acids is 1. The quantitative estimate of drug-likeness (QED) is 0.0563. The first kappa shape index (κ1) is 43.8. The number of rotatable bonds is 15. The van der Waals surface area contributed by atoms with Crippen LogP contribution < -0.4 is 19.9 Å². The highest BCUT2D eigenvalue weighted by Crippen LogP contribution is 2.42. The highest BCUT2D eigenvalue weighted by Gasteiger charge is 2.34. The van der Waals surface area contributed by atoms with E-state index >= 15 is 0 Å². The molecule has 0 unspecified atom stereocenters. The molecule has 2 aromatic rings. The zero-order valence-corrected chi connectivity index (χ0v) is 35.0. The Bertz CT molecular complexity index is 2600. The SMILES string of the molecule is O=C(ON1C(=O)CCC1=O)c1ccc(C(=O)[O-])c(-c2c3ccc(=[N+]4CCN(CCCCS(=O)(=O)O)CC4)cc-3oc3cc(N4CCN(CCCCS(=O)(=O)O)CC4)ccc23)c1. The second-order valence-corrected chi connectivity index (χ2v) is 18.6. The van der Waals surface area contributed by atoms with Crippen molar-refractivity contribution in [2.75, 3.05) is 81.9 Å². The Morgan fingerprint density at radius 2 is 1.36 bits per heavy atom. The van der Waals surface area contributed by atoms with Crippen LogP contribution in [0.15, 0.2) is 59.0 Å². The molecule has 2 aromatic carbocycles. The third kappa shape index (κ3) is 10.8. The Balaban J connectivity index is 1.23. The maximum Gasteiger partial charge on any atom is 0.363 e. The van der Waals surface area contributed by atoms with Crippen molar-refractivity contribution in [1.29, 1.82) is 0 Å². The monoisotopic (exact) mass is 881 g/mol. The second kappa shape index (κ2) is 18.4. The molecule has 326 valence electrons. The zero-order valence-electron chi connectivity index (χ0n) is 33.4. The normalized spacial score (nSPS) is 17.2. The fraction of sp³-hybridized carbons (Fsp3) is 0.439. The van der Waals surface area contributed by atoms with E-state index in [2.05, 4.69) is 19.3 Å². The van der Waals surface area contributed by atoms with Crippen molar-refractivity contribution in [2.45, 2.75) is 38.5 Å². The van der Waals surface area contributed by atoms with Crippen LogP contribution in [0.4, 0.5) is 5.69 Å². The molecule has 61 heavy (non-hydrogen) atoms. The highest BCUT2D eigenvalue weighted by molar-refractivity contribution is 7.86. The summed E-state index contributed by atoms with van der Waals surface area (Å²) in [4.78, 5) is 62.3. The van der Waals surface area contributed by atoms with Crippen LogP contribution in [0, 0.1) is 0 Å². The Morgan fingerprint density at radius 1 is 0.738 bits per heavy atom. The predicted molar refractivity (Wildman–Crippen MR) is 221 cm³/mol. The summed E-state index contributed by atoms with van der Waals surface area (Å²) >= 11 is 0. The average Bonchev–Trinajstić information content (AvgIpc) is 3.54. The fourth-order valence-corrected chi connectivity index (χ4v) is 9.24. The molecule has 2 amide bonds. The van der Waals surface area contributed by atoms with Crippen LogP contribution in [0.2, 0.25) is 0 Å². The Hall–Kier alpha value is -5.25. The van der Waals surface area contributed by atoms with Gasteiger partial charge in [0.1, 0.15) is 11.3 Å². The van der Waals surface area contributed by atoms with E-state index in [1.165, 1.54) is 18.2 Å². The summed E-state index contributed by atoms with van der Waals surface area (Å²) in [5.74, 6) is -3.95. The van der Waals surface area contributed by atoms with Crippen molar-refractivity contribution < 1.29 is 59.5 Å². The Labute approximate surface area is 352 Å². The lowest BCUT2D eigenvalue weighted by atomic mass is 9.89. The van der Waals surface area contributed by atoms with E-state index < -0.39 is 44.0 Å². The molecule has 18 nitrogen and oxygen atoms in total. The van der Waals surface area contributed by atoms with E-state index in [0.29, 0.717) is 97.9 Å². The standard InChI is InChI=1S/C41H47N5O13S2/c47-37-11-12-38(48)46(37)59-41(51)28-5-8-31(40(49)50)34(25-28)39-32-9-6-29(44-19-15-42(16-20-44)13-1-3-23-60(52,53)54)26-35(32)58-36-27-30(7-10-33(36)39)45-21-17-43(18-22-45)14-2-4-24-61(55,56)57/h5-10,25-27H,1-4,11-24H2,(H2-,49,50,52,53,54,55,56,57). The van der Waals surface area contributed by atoms with Gasteiger partial charge in [-0.3, -0.25) is 28.5 Å². The fourth-order valence-electron chi connectivity index (χ4n) is 8.10. The minimum absolute atomic E-state index is 0.0960. The number of carboxylic acids is 1. The number of nitrogens with zero attached hydrogens (tertiary/aromatic N) is 5. The molecule has 20 heteroatoms. The van der Waals surface area contributed by atoms with Crippen molar-refractivity contribution >= 4 is 60.6 Å². The first-order chi connectivity index (χ1) is 29.0. The lowest BCUT2D eigenvalue weighted by Crippen LogP contribution is -2.48. The third-order valence-corrected chi connectivity index (χ3v) is 13.0. The summed E-state index contributed by atoms with van der Waals surface area (Å²) in [6.45, 7) is 6.94. The molecule has 2 N–H and O–H groups in total. The van der Waals surface area contributed by atoms with E-state index in [0.717, 1.165) is 37.2 Å². The number of hydroxylamine groups is 2. The van der Waals surface area contributed by atoms with Crippen LogP contribution in [0.25, 0.3) is 33.4 Å². The predicted octanol–water partition coefficient (Wildman–Crippen LogP) is 1.33. The number of hydrogen-bond donors (Lipinski definition) is 2. The van der Waals surface area contributed by atoms with Crippen LogP contribution in [0.3, 0.4) is 0 Å². The molecule has 1 aliphatic carbocycles. The average molecular weight is 882 g/mol. The summed E-state index contributed by atoms with van der Waals surface area (Å²) in [5, 5.41) is 14.5. The van der Waals surface area contributed by atoms with E-state index in [1.54, 1.807) is 0 Å². The van der Waals surface area contributed by atoms with Gasteiger partial charge in [-0.1, -0.05) is 6.07 Å². The molecule has 3 saturated heterocycles. The summed E-state index contributed by atoms with van der Waals surface area (Å²) in [6.07, 6.45) is 1.79. The number of hydrogen-bond acceptors (Lipinski definition) is 14. The maximum atomic E-state index is 13.4. The van der Waals surface area contributed by atoms with Gasteiger partial charge in [0.05, 0.1) is 42.2 Å². The van der Waals surface area contributed by atoms with E-state index in [-0.39, 0.29) is 41.0 Å². The molecule has 4 heterocycles. The van der Waals surface area contributed by atoms with Crippen molar-refractivity contribution in [3.63, 3.8) is 0 Å². The smallest absolute Gasteiger partial charge is 0.363 e. The minimum atomic E-state index is -4.00. The highest BCUT2D eigenvalue weighted by atomic mass is 32.2. The Kier molecular flexibility index (Phi) is 13.2. The third-order valence-electron chi connectivity index (χ3n) is 11.3. The topological polar surface area (TPSA) is 238 Å². The molecule has 5 aliphatic rings. The first-order valence-corrected chi connectivity index (χ1v) is 23.4. The molecular formula is C41H47N5O13S2. The molecular weight excluding hydrogens is 835 g/mol. The van der Waals surface area contributed by atoms with Crippen LogP contribution in [0.1, 0.15) is 59.2 Å². The van der Waals surface area contributed by atoms with E-state index in [9.17, 15) is 41.1 Å². The maximum absolute atomic E-state index is 13.4. The number of carbonyl (C=O) groups excluding carboxylic acids is 4. The van der Waals surface area contributed by atoms with E-state index in [4.69, 9.17) is 18.4 Å². The molecule has 7 rings (SSSR count).